The molecular formula is C12H14O4. The third-order valence-electron chi connectivity index (χ3n) is 2.41. The molecule has 0 bridgehead atoms. The maximum atomic E-state index is 10.6. The molecule has 0 radical (unpaired) electrons. The number of aldehydes is 1. The highest BCUT2D eigenvalue weighted by Gasteiger charge is 2.37. The summed E-state index contributed by atoms with van der Waals surface area (Å²) in [6.07, 6.45) is 0.986. The number of rotatable bonds is 5. The first-order chi connectivity index (χ1) is 7.85. The minimum absolute atomic E-state index is 0.194. The summed E-state index contributed by atoms with van der Waals surface area (Å²) in [5, 5.41) is 0. The standard InChI is InChI=1S/C12H14O4/c13-7-6-12(15-8-9-16-12)10-14-11-4-2-1-3-5-11/h1-5,7H,6,8-10H2. The van der Waals surface area contributed by atoms with Gasteiger partial charge in [0, 0.05) is 0 Å². The Bertz CT molecular complexity index is 330. The molecule has 1 aromatic carbocycles. The van der Waals surface area contributed by atoms with Crippen LogP contribution in [0.25, 0.3) is 0 Å². The van der Waals surface area contributed by atoms with Crippen molar-refractivity contribution in [2.75, 3.05) is 19.8 Å². The first-order valence-corrected chi connectivity index (χ1v) is 5.24. The summed E-state index contributed by atoms with van der Waals surface area (Å²) < 4.78 is 16.4. The SMILES string of the molecule is O=CCC1(COc2ccccc2)OCCO1. The van der Waals surface area contributed by atoms with Crippen molar-refractivity contribution in [1.82, 2.24) is 0 Å². The van der Waals surface area contributed by atoms with Crippen LogP contribution in [-0.2, 0) is 14.3 Å². The predicted octanol–water partition coefficient (Wildman–Crippen LogP) is 1.40. The normalized spacial score (nSPS) is 18.2. The van der Waals surface area contributed by atoms with E-state index < -0.39 is 5.79 Å². The zero-order valence-corrected chi connectivity index (χ0v) is 8.93. The van der Waals surface area contributed by atoms with E-state index in [1.807, 2.05) is 30.3 Å². The van der Waals surface area contributed by atoms with Crippen molar-refractivity contribution in [3.05, 3.63) is 30.3 Å². The smallest absolute Gasteiger partial charge is 0.209 e. The first-order valence-electron chi connectivity index (χ1n) is 5.24. The van der Waals surface area contributed by atoms with Crippen LogP contribution in [0, 0.1) is 0 Å². The van der Waals surface area contributed by atoms with Crippen molar-refractivity contribution in [2.45, 2.75) is 12.2 Å². The fourth-order valence-corrected chi connectivity index (χ4v) is 1.59. The van der Waals surface area contributed by atoms with E-state index in [4.69, 9.17) is 14.2 Å². The van der Waals surface area contributed by atoms with Gasteiger partial charge in [-0.2, -0.15) is 0 Å². The average Bonchev–Trinajstić information content (AvgIpc) is 2.78. The molecule has 0 N–H and O–H groups in total. The van der Waals surface area contributed by atoms with Gasteiger partial charge >= 0.3 is 0 Å². The number of hydrogen-bond acceptors (Lipinski definition) is 4. The lowest BCUT2D eigenvalue weighted by molar-refractivity contribution is -0.180. The van der Waals surface area contributed by atoms with E-state index in [-0.39, 0.29) is 13.0 Å². The van der Waals surface area contributed by atoms with Crippen molar-refractivity contribution in [3.8, 4) is 5.75 Å². The van der Waals surface area contributed by atoms with E-state index in [1.165, 1.54) is 0 Å². The topological polar surface area (TPSA) is 44.8 Å². The molecule has 0 spiro atoms. The van der Waals surface area contributed by atoms with Gasteiger partial charge in [0.15, 0.2) is 0 Å². The van der Waals surface area contributed by atoms with Crippen molar-refractivity contribution in [3.63, 3.8) is 0 Å². The van der Waals surface area contributed by atoms with Crippen molar-refractivity contribution in [1.29, 1.82) is 0 Å². The van der Waals surface area contributed by atoms with Gasteiger partial charge in [-0.3, -0.25) is 0 Å². The molecule has 4 heteroatoms. The van der Waals surface area contributed by atoms with Crippen LogP contribution in [0.2, 0.25) is 0 Å². The minimum Gasteiger partial charge on any atom is -0.488 e. The summed E-state index contributed by atoms with van der Waals surface area (Å²) in [6.45, 7) is 1.24. The van der Waals surface area contributed by atoms with Crippen molar-refractivity contribution >= 4 is 6.29 Å². The molecule has 0 amide bonds. The lowest BCUT2D eigenvalue weighted by atomic mass is 10.2. The third-order valence-corrected chi connectivity index (χ3v) is 2.41. The van der Waals surface area contributed by atoms with E-state index >= 15 is 0 Å². The monoisotopic (exact) mass is 222 g/mol. The van der Waals surface area contributed by atoms with Gasteiger partial charge in [-0.15, -0.1) is 0 Å². The zero-order chi connectivity index (χ0) is 11.3. The molecular weight excluding hydrogens is 208 g/mol. The third kappa shape index (κ3) is 2.59. The number of benzene rings is 1. The van der Waals surface area contributed by atoms with Gasteiger partial charge in [0.25, 0.3) is 0 Å². The van der Waals surface area contributed by atoms with Gasteiger partial charge in [-0.25, -0.2) is 0 Å². The Morgan fingerprint density at radius 1 is 1.25 bits per heavy atom. The van der Waals surface area contributed by atoms with Crippen LogP contribution in [0.3, 0.4) is 0 Å². The fourth-order valence-electron chi connectivity index (χ4n) is 1.59. The highest BCUT2D eigenvalue weighted by Crippen LogP contribution is 2.24. The molecule has 0 atom stereocenters. The fraction of sp³-hybridized carbons (Fsp3) is 0.417. The number of carbonyl (C=O) groups excluding carboxylic acids is 1. The van der Waals surface area contributed by atoms with E-state index in [9.17, 15) is 4.79 Å². The highest BCUT2D eigenvalue weighted by atomic mass is 16.8. The Labute approximate surface area is 94.1 Å². The van der Waals surface area contributed by atoms with Gasteiger partial charge < -0.3 is 19.0 Å². The van der Waals surface area contributed by atoms with Crippen LogP contribution in [0.15, 0.2) is 30.3 Å². The molecule has 0 aliphatic carbocycles. The van der Waals surface area contributed by atoms with Crippen LogP contribution in [0.1, 0.15) is 6.42 Å². The Kier molecular flexibility index (Phi) is 3.54. The Balaban J connectivity index is 1.94. The van der Waals surface area contributed by atoms with E-state index in [2.05, 4.69) is 0 Å². The lowest BCUT2D eigenvalue weighted by Gasteiger charge is -2.24. The van der Waals surface area contributed by atoms with E-state index in [1.54, 1.807) is 0 Å². The quantitative estimate of drug-likeness (QED) is 0.706. The first kappa shape index (κ1) is 11.1. The van der Waals surface area contributed by atoms with Crippen LogP contribution in [-0.4, -0.2) is 31.9 Å². The summed E-state index contributed by atoms with van der Waals surface area (Å²) in [5.74, 6) is -0.149. The summed E-state index contributed by atoms with van der Waals surface area (Å²) >= 11 is 0. The number of ether oxygens (including phenoxy) is 3. The van der Waals surface area contributed by atoms with E-state index in [0.29, 0.717) is 13.2 Å². The Morgan fingerprint density at radius 2 is 1.94 bits per heavy atom. The summed E-state index contributed by atoms with van der Waals surface area (Å²) in [6, 6.07) is 9.39. The number of carbonyl (C=O) groups is 1. The van der Waals surface area contributed by atoms with Crippen LogP contribution < -0.4 is 4.74 Å². The molecule has 2 rings (SSSR count). The average molecular weight is 222 g/mol. The van der Waals surface area contributed by atoms with Gasteiger partial charge in [0.2, 0.25) is 5.79 Å². The zero-order valence-electron chi connectivity index (χ0n) is 8.93. The number of para-hydroxylation sites is 1. The summed E-state index contributed by atoms with van der Waals surface area (Å²) in [5.41, 5.74) is 0. The van der Waals surface area contributed by atoms with Gasteiger partial charge in [0.1, 0.15) is 18.6 Å². The summed E-state index contributed by atoms with van der Waals surface area (Å²) in [4.78, 5) is 10.6. The Morgan fingerprint density at radius 3 is 2.56 bits per heavy atom. The molecule has 1 heterocycles. The van der Waals surface area contributed by atoms with Crippen molar-refractivity contribution in [2.24, 2.45) is 0 Å². The molecule has 1 aliphatic rings. The molecule has 1 aliphatic heterocycles. The molecule has 86 valence electrons. The van der Waals surface area contributed by atoms with Gasteiger partial charge in [-0.1, -0.05) is 18.2 Å². The molecule has 1 saturated heterocycles. The highest BCUT2D eigenvalue weighted by molar-refractivity contribution is 5.51. The van der Waals surface area contributed by atoms with E-state index in [0.717, 1.165) is 12.0 Å². The predicted molar refractivity (Wildman–Crippen MR) is 57.3 cm³/mol. The van der Waals surface area contributed by atoms with Crippen LogP contribution >= 0.6 is 0 Å². The molecule has 16 heavy (non-hydrogen) atoms. The lowest BCUT2D eigenvalue weighted by Crippen LogP contribution is -2.37. The van der Waals surface area contributed by atoms with Crippen LogP contribution in [0.5, 0.6) is 5.75 Å². The molecule has 0 unspecified atom stereocenters. The molecule has 0 aromatic heterocycles. The maximum Gasteiger partial charge on any atom is 0.209 e. The van der Waals surface area contributed by atoms with Crippen LogP contribution in [0.4, 0.5) is 0 Å². The Hall–Kier alpha value is -1.39. The minimum atomic E-state index is -0.891. The second-order valence-electron chi connectivity index (χ2n) is 3.58. The van der Waals surface area contributed by atoms with Gasteiger partial charge in [-0.05, 0) is 12.1 Å². The largest absolute Gasteiger partial charge is 0.488 e. The number of hydrogen-bond donors (Lipinski definition) is 0. The summed E-state index contributed by atoms with van der Waals surface area (Å²) in [7, 11) is 0. The molecule has 0 saturated carbocycles. The molecule has 4 nitrogen and oxygen atoms in total. The molecule has 1 fully saturated rings. The van der Waals surface area contributed by atoms with Crippen molar-refractivity contribution < 1.29 is 19.0 Å². The second-order valence-corrected chi connectivity index (χ2v) is 3.58. The molecule has 1 aromatic rings. The maximum absolute atomic E-state index is 10.6. The van der Waals surface area contributed by atoms with Gasteiger partial charge in [0.05, 0.1) is 19.6 Å². The second kappa shape index (κ2) is 5.09.